The third-order valence-electron chi connectivity index (χ3n) is 3.74. The third-order valence-corrected chi connectivity index (χ3v) is 3.74. The predicted molar refractivity (Wildman–Crippen MR) is 76.8 cm³/mol. The van der Waals surface area contributed by atoms with Crippen LogP contribution in [0.2, 0.25) is 0 Å². The van der Waals surface area contributed by atoms with E-state index >= 15 is 0 Å². The lowest BCUT2D eigenvalue weighted by Gasteiger charge is -2.20. The quantitative estimate of drug-likeness (QED) is 0.881. The first-order valence-electron chi connectivity index (χ1n) is 6.51. The molecule has 2 heteroatoms. The molecule has 0 bridgehead atoms. The largest absolute Gasteiger partial charge is 0.300 e. The first kappa shape index (κ1) is 14.7. The number of hydrogen-bond acceptors (Lipinski definition) is 2. The van der Waals surface area contributed by atoms with E-state index in [1.54, 1.807) is 0 Å². The van der Waals surface area contributed by atoms with Crippen molar-refractivity contribution in [1.82, 2.24) is 5.32 Å². The summed E-state index contributed by atoms with van der Waals surface area (Å²) < 4.78 is 0. The van der Waals surface area contributed by atoms with Crippen molar-refractivity contribution < 1.29 is 0 Å². The fraction of sp³-hybridized carbons (Fsp3) is 0.562. The molecule has 0 aliphatic rings. The van der Waals surface area contributed by atoms with Crippen LogP contribution < -0.4 is 5.32 Å². The van der Waals surface area contributed by atoms with Crippen molar-refractivity contribution in [3.8, 4) is 6.07 Å². The number of nitrogens with zero attached hydrogens (tertiary/aromatic N) is 1. The summed E-state index contributed by atoms with van der Waals surface area (Å²) >= 11 is 0. The number of aryl methyl sites for hydroxylation is 2. The monoisotopic (exact) mass is 244 g/mol. The topological polar surface area (TPSA) is 35.8 Å². The van der Waals surface area contributed by atoms with E-state index in [1.807, 2.05) is 13.8 Å². The van der Waals surface area contributed by atoms with Gasteiger partial charge in [-0.2, -0.15) is 5.26 Å². The Morgan fingerprint density at radius 1 is 1.11 bits per heavy atom. The summed E-state index contributed by atoms with van der Waals surface area (Å²) in [5.41, 5.74) is 6.46. The van der Waals surface area contributed by atoms with Gasteiger partial charge in [0, 0.05) is 6.54 Å². The molecular weight excluding hydrogens is 220 g/mol. The number of nitrogens with one attached hydrogen (secondary N) is 1. The second kappa shape index (κ2) is 5.54. The molecule has 1 N–H and O–H groups in total. The first-order chi connectivity index (χ1) is 8.28. The molecule has 0 aliphatic heterocycles. The van der Waals surface area contributed by atoms with Gasteiger partial charge in [-0.3, -0.25) is 5.32 Å². The minimum Gasteiger partial charge on any atom is -0.300 e. The fourth-order valence-electron chi connectivity index (χ4n) is 2.21. The third kappa shape index (κ3) is 3.34. The molecule has 1 aromatic rings. The van der Waals surface area contributed by atoms with Crippen LogP contribution in [0, 0.1) is 39.0 Å². The summed E-state index contributed by atoms with van der Waals surface area (Å²) in [6.07, 6.45) is 0.977. The van der Waals surface area contributed by atoms with Gasteiger partial charge in [-0.1, -0.05) is 6.07 Å². The van der Waals surface area contributed by atoms with E-state index in [9.17, 15) is 0 Å². The minimum atomic E-state index is -0.444. The molecule has 1 rings (SSSR count). The Balaban J connectivity index is 2.84. The molecule has 0 amide bonds. The molecule has 0 heterocycles. The highest BCUT2D eigenvalue weighted by Crippen LogP contribution is 2.21. The molecule has 0 fully saturated rings. The van der Waals surface area contributed by atoms with Crippen molar-refractivity contribution in [2.75, 3.05) is 6.54 Å². The van der Waals surface area contributed by atoms with Crippen LogP contribution in [0.1, 0.15) is 41.7 Å². The molecule has 2 nitrogen and oxygen atoms in total. The lowest BCUT2D eigenvalue weighted by atomic mass is 9.92. The number of rotatable bonds is 4. The SMILES string of the molecule is Cc1cc(C)c(C)c(CCNC(C)(C)C#N)c1C. The van der Waals surface area contributed by atoms with Crippen LogP contribution in [-0.4, -0.2) is 12.1 Å². The van der Waals surface area contributed by atoms with Gasteiger partial charge in [-0.15, -0.1) is 0 Å². The number of hydrogen-bond donors (Lipinski definition) is 1. The molecule has 18 heavy (non-hydrogen) atoms. The van der Waals surface area contributed by atoms with Crippen molar-refractivity contribution in [3.05, 3.63) is 33.9 Å². The van der Waals surface area contributed by atoms with Gasteiger partial charge in [0.1, 0.15) is 5.54 Å². The Labute approximate surface area is 111 Å². The van der Waals surface area contributed by atoms with Crippen LogP contribution in [0.5, 0.6) is 0 Å². The van der Waals surface area contributed by atoms with Crippen LogP contribution >= 0.6 is 0 Å². The smallest absolute Gasteiger partial charge is 0.101 e. The van der Waals surface area contributed by atoms with Gasteiger partial charge < -0.3 is 0 Å². The Morgan fingerprint density at radius 2 is 1.61 bits per heavy atom. The van der Waals surface area contributed by atoms with Crippen molar-refractivity contribution >= 4 is 0 Å². The van der Waals surface area contributed by atoms with Crippen LogP contribution in [0.4, 0.5) is 0 Å². The summed E-state index contributed by atoms with van der Waals surface area (Å²) in [7, 11) is 0. The second-order valence-corrected chi connectivity index (χ2v) is 5.65. The summed E-state index contributed by atoms with van der Waals surface area (Å²) in [5.74, 6) is 0. The second-order valence-electron chi connectivity index (χ2n) is 5.65. The average molecular weight is 244 g/mol. The van der Waals surface area contributed by atoms with E-state index in [4.69, 9.17) is 5.26 Å². The molecule has 0 saturated carbocycles. The van der Waals surface area contributed by atoms with E-state index in [0.717, 1.165) is 13.0 Å². The van der Waals surface area contributed by atoms with Gasteiger partial charge in [-0.25, -0.2) is 0 Å². The van der Waals surface area contributed by atoms with E-state index in [1.165, 1.54) is 27.8 Å². The Bertz CT molecular complexity index is 453. The fourth-order valence-corrected chi connectivity index (χ4v) is 2.21. The summed E-state index contributed by atoms with van der Waals surface area (Å²) in [6, 6.07) is 4.52. The van der Waals surface area contributed by atoms with Crippen LogP contribution in [-0.2, 0) is 6.42 Å². The predicted octanol–water partition coefficient (Wildman–Crippen LogP) is 3.35. The lowest BCUT2D eigenvalue weighted by molar-refractivity contribution is 0.489. The van der Waals surface area contributed by atoms with Crippen molar-refractivity contribution in [3.63, 3.8) is 0 Å². The lowest BCUT2D eigenvalue weighted by Crippen LogP contribution is -2.38. The van der Waals surface area contributed by atoms with Crippen molar-refractivity contribution in [2.24, 2.45) is 0 Å². The molecule has 0 aliphatic carbocycles. The maximum atomic E-state index is 8.98. The number of nitriles is 1. The van der Waals surface area contributed by atoms with Crippen LogP contribution in [0.25, 0.3) is 0 Å². The molecule has 0 unspecified atom stereocenters. The number of benzene rings is 1. The molecule has 0 aromatic heterocycles. The van der Waals surface area contributed by atoms with Gasteiger partial charge in [0.05, 0.1) is 6.07 Å². The van der Waals surface area contributed by atoms with Crippen LogP contribution in [0.3, 0.4) is 0 Å². The zero-order valence-electron chi connectivity index (χ0n) is 12.4. The average Bonchev–Trinajstić information content (AvgIpc) is 2.31. The highest BCUT2D eigenvalue weighted by molar-refractivity contribution is 5.44. The van der Waals surface area contributed by atoms with Gasteiger partial charge in [0.15, 0.2) is 0 Å². The normalized spacial score (nSPS) is 11.4. The summed E-state index contributed by atoms with van der Waals surface area (Å²) in [6.45, 7) is 13.4. The van der Waals surface area contributed by atoms with Gasteiger partial charge in [0.2, 0.25) is 0 Å². The highest BCUT2D eigenvalue weighted by atomic mass is 14.9. The standard InChI is InChI=1S/C16H24N2/c1-11-9-12(2)14(4)15(13(11)3)7-8-18-16(5,6)10-17/h9,18H,7-8H2,1-6H3. The summed E-state index contributed by atoms with van der Waals surface area (Å²) in [4.78, 5) is 0. The molecule has 0 atom stereocenters. The van der Waals surface area contributed by atoms with E-state index in [0.29, 0.717) is 0 Å². The Morgan fingerprint density at radius 3 is 2.06 bits per heavy atom. The maximum Gasteiger partial charge on any atom is 0.101 e. The minimum absolute atomic E-state index is 0.444. The van der Waals surface area contributed by atoms with Crippen molar-refractivity contribution in [2.45, 2.75) is 53.5 Å². The van der Waals surface area contributed by atoms with E-state index in [-0.39, 0.29) is 0 Å². The molecule has 1 aromatic carbocycles. The summed E-state index contributed by atoms with van der Waals surface area (Å²) in [5, 5.41) is 12.3. The van der Waals surface area contributed by atoms with Crippen molar-refractivity contribution in [1.29, 1.82) is 5.26 Å². The van der Waals surface area contributed by atoms with E-state index in [2.05, 4.69) is 45.1 Å². The van der Waals surface area contributed by atoms with Crippen LogP contribution in [0.15, 0.2) is 6.07 Å². The van der Waals surface area contributed by atoms with Gasteiger partial charge >= 0.3 is 0 Å². The molecule has 98 valence electrons. The molecule has 0 spiro atoms. The molecule has 0 saturated heterocycles. The zero-order chi connectivity index (χ0) is 13.9. The zero-order valence-corrected chi connectivity index (χ0v) is 12.4. The first-order valence-corrected chi connectivity index (χ1v) is 6.51. The van der Waals surface area contributed by atoms with Gasteiger partial charge in [-0.05, 0) is 75.8 Å². The highest BCUT2D eigenvalue weighted by Gasteiger charge is 2.15. The Kier molecular flexibility index (Phi) is 4.53. The Hall–Kier alpha value is -1.33. The van der Waals surface area contributed by atoms with Gasteiger partial charge in [0.25, 0.3) is 0 Å². The maximum absolute atomic E-state index is 8.98. The molecular formula is C16H24N2. The molecule has 0 radical (unpaired) electrons. The van der Waals surface area contributed by atoms with E-state index < -0.39 is 5.54 Å².